The van der Waals surface area contributed by atoms with Crippen LogP contribution in [0.2, 0.25) is 0 Å². The second-order valence-electron chi connectivity index (χ2n) is 3.38. The molecule has 1 aromatic carbocycles. The van der Waals surface area contributed by atoms with Crippen LogP contribution >= 0.6 is 0 Å². The lowest BCUT2D eigenvalue weighted by Gasteiger charge is -2.04. The normalized spacial score (nSPS) is 10.9. The number of benzene rings is 1. The minimum atomic E-state index is 0.603. The number of nitrogens with two attached hydrogens (primary N) is 1. The third kappa shape index (κ3) is 2.29. The lowest BCUT2D eigenvalue weighted by molar-refractivity contribution is 1.21. The Labute approximate surface area is 99.0 Å². The Hall–Kier alpha value is -2.67. The Balaban J connectivity index is 2.41. The minimum Gasteiger partial charge on any atom is -0.323 e. The molecule has 1 aromatic heterocycles. The number of rotatable bonds is 2. The molecular weight excluding hydrogens is 212 g/mol. The van der Waals surface area contributed by atoms with Crippen molar-refractivity contribution < 1.29 is 0 Å². The van der Waals surface area contributed by atoms with Gasteiger partial charge in [0.05, 0.1) is 17.3 Å². The van der Waals surface area contributed by atoms with Crippen molar-refractivity contribution >= 4 is 5.71 Å². The zero-order valence-electron chi connectivity index (χ0n) is 9.04. The third-order valence-corrected chi connectivity index (χ3v) is 2.32. The highest BCUT2D eigenvalue weighted by Crippen LogP contribution is 2.09. The molecule has 2 rings (SSSR count). The average Bonchev–Trinajstić information content (AvgIpc) is 2.42. The molecule has 0 saturated heterocycles. The van der Waals surface area contributed by atoms with E-state index in [0.717, 1.165) is 5.56 Å². The Morgan fingerprint density at radius 1 is 1.18 bits per heavy atom. The topological polar surface area (TPSA) is 75.1 Å². The van der Waals surface area contributed by atoms with Crippen LogP contribution in [0.1, 0.15) is 16.8 Å². The first-order valence-electron chi connectivity index (χ1n) is 5.05. The van der Waals surface area contributed by atoms with Crippen molar-refractivity contribution in [3.8, 4) is 6.07 Å². The molecule has 2 aromatic rings. The summed E-state index contributed by atoms with van der Waals surface area (Å²) < 4.78 is 0. The largest absolute Gasteiger partial charge is 0.323 e. The van der Waals surface area contributed by atoms with Crippen LogP contribution in [0.4, 0.5) is 0 Å². The lowest BCUT2D eigenvalue weighted by atomic mass is 10.1. The number of hydrogen-bond acceptors (Lipinski definition) is 4. The second kappa shape index (κ2) is 4.90. The smallest absolute Gasteiger partial charge is 0.115 e. The van der Waals surface area contributed by atoms with E-state index in [0.29, 0.717) is 17.0 Å². The molecule has 0 unspecified atom stereocenters. The van der Waals surface area contributed by atoms with Gasteiger partial charge in [0.1, 0.15) is 5.71 Å². The number of nitrogens with zero attached hydrogens (tertiary/aromatic N) is 3. The summed E-state index contributed by atoms with van der Waals surface area (Å²) >= 11 is 0. The van der Waals surface area contributed by atoms with Gasteiger partial charge in [0.2, 0.25) is 0 Å². The summed E-state index contributed by atoms with van der Waals surface area (Å²) in [6.45, 7) is 0. The second-order valence-corrected chi connectivity index (χ2v) is 3.38. The molecule has 0 aliphatic heterocycles. The molecular formula is C13H10N4. The van der Waals surface area contributed by atoms with E-state index in [9.17, 15) is 0 Å². The third-order valence-electron chi connectivity index (χ3n) is 2.32. The van der Waals surface area contributed by atoms with E-state index >= 15 is 0 Å². The number of hydrazone groups is 1. The van der Waals surface area contributed by atoms with Gasteiger partial charge in [0, 0.05) is 11.8 Å². The molecule has 0 fully saturated rings. The van der Waals surface area contributed by atoms with Gasteiger partial charge in [0.25, 0.3) is 0 Å². The van der Waals surface area contributed by atoms with E-state index in [1.54, 1.807) is 30.5 Å². The SMILES string of the molecule is N#Cc1ccc(C(=NN)c2ccccn2)cc1. The van der Waals surface area contributed by atoms with Crippen molar-refractivity contribution in [1.29, 1.82) is 5.26 Å². The molecule has 0 atom stereocenters. The number of pyridine rings is 1. The molecule has 4 heteroatoms. The van der Waals surface area contributed by atoms with Crippen LogP contribution in [-0.2, 0) is 0 Å². The zero-order valence-corrected chi connectivity index (χ0v) is 9.04. The highest BCUT2D eigenvalue weighted by atomic mass is 15.1. The molecule has 0 amide bonds. The van der Waals surface area contributed by atoms with Crippen LogP contribution in [0.25, 0.3) is 0 Å². The van der Waals surface area contributed by atoms with Gasteiger partial charge in [-0.05, 0) is 24.3 Å². The van der Waals surface area contributed by atoms with Gasteiger partial charge in [-0.15, -0.1) is 0 Å². The number of hydrogen-bond donors (Lipinski definition) is 1. The fourth-order valence-corrected chi connectivity index (χ4v) is 1.49. The van der Waals surface area contributed by atoms with E-state index in [1.807, 2.05) is 18.2 Å². The minimum absolute atomic E-state index is 0.603. The van der Waals surface area contributed by atoms with E-state index in [-0.39, 0.29) is 0 Å². The van der Waals surface area contributed by atoms with Crippen molar-refractivity contribution in [1.82, 2.24) is 4.98 Å². The molecule has 0 aliphatic carbocycles. The summed E-state index contributed by atoms with van der Waals surface area (Å²) in [5, 5.41) is 12.5. The fourth-order valence-electron chi connectivity index (χ4n) is 1.49. The molecule has 82 valence electrons. The Kier molecular flexibility index (Phi) is 3.13. The maximum absolute atomic E-state index is 8.72. The average molecular weight is 222 g/mol. The predicted octanol–water partition coefficient (Wildman–Crippen LogP) is 1.66. The highest BCUT2D eigenvalue weighted by Gasteiger charge is 2.07. The van der Waals surface area contributed by atoms with Gasteiger partial charge in [-0.2, -0.15) is 10.4 Å². The van der Waals surface area contributed by atoms with Crippen LogP contribution in [0.3, 0.4) is 0 Å². The zero-order chi connectivity index (χ0) is 12.1. The Bertz CT molecular complexity index is 565. The predicted molar refractivity (Wildman–Crippen MR) is 65.2 cm³/mol. The van der Waals surface area contributed by atoms with Crippen LogP contribution in [0.15, 0.2) is 53.8 Å². The quantitative estimate of drug-likeness (QED) is 0.477. The first-order chi connectivity index (χ1) is 8.35. The summed E-state index contributed by atoms with van der Waals surface area (Å²) in [6.07, 6.45) is 1.68. The molecule has 0 saturated carbocycles. The number of aromatic nitrogens is 1. The standard InChI is InChI=1S/C13H10N4/c14-9-10-4-6-11(7-5-10)13(17-15)12-3-1-2-8-16-12/h1-8H,15H2. The van der Waals surface area contributed by atoms with Crippen molar-refractivity contribution in [3.63, 3.8) is 0 Å². The molecule has 0 aliphatic rings. The summed E-state index contributed by atoms with van der Waals surface area (Å²) in [5.74, 6) is 5.39. The number of nitriles is 1. The van der Waals surface area contributed by atoms with E-state index < -0.39 is 0 Å². The maximum Gasteiger partial charge on any atom is 0.115 e. The molecule has 2 N–H and O–H groups in total. The Morgan fingerprint density at radius 2 is 1.94 bits per heavy atom. The molecule has 0 bridgehead atoms. The first-order valence-corrected chi connectivity index (χ1v) is 5.05. The van der Waals surface area contributed by atoms with E-state index in [2.05, 4.69) is 16.2 Å². The van der Waals surface area contributed by atoms with E-state index in [1.165, 1.54) is 0 Å². The summed E-state index contributed by atoms with van der Waals surface area (Å²) in [7, 11) is 0. The Morgan fingerprint density at radius 3 is 2.47 bits per heavy atom. The molecule has 17 heavy (non-hydrogen) atoms. The summed E-state index contributed by atoms with van der Waals surface area (Å²) in [6, 6.07) is 14.7. The first kappa shape index (κ1) is 10.8. The van der Waals surface area contributed by atoms with Crippen molar-refractivity contribution in [3.05, 3.63) is 65.5 Å². The molecule has 0 spiro atoms. The summed E-state index contributed by atoms with van der Waals surface area (Å²) in [4.78, 5) is 4.19. The van der Waals surface area contributed by atoms with Crippen LogP contribution in [0, 0.1) is 11.3 Å². The van der Waals surface area contributed by atoms with Gasteiger partial charge in [-0.3, -0.25) is 4.98 Å². The van der Waals surface area contributed by atoms with Gasteiger partial charge in [0.15, 0.2) is 0 Å². The fraction of sp³-hybridized carbons (Fsp3) is 0. The molecule has 1 heterocycles. The van der Waals surface area contributed by atoms with Crippen molar-refractivity contribution in [2.45, 2.75) is 0 Å². The van der Waals surface area contributed by atoms with Crippen molar-refractivity contribution in [2.24, 2.45) is 10.9 Å². The molecule has 4 nitrogen and oxygen atoms in total. The van der Waals surface area contributed by atoms with Crippen LogP contribution in [0.5, 0.6) is 0 Å². The van der Waals surface area contributed by atoms with Gasteiger partial charge < -0.3 is 5.84 Å². The monoisotopic (exact) mass is 222 g/mol. The van der Waals surface area contributed by atoms with Gasteiger partial charge in [-0.1, -0.05) is 18.2 Å². The van der Waals surface area contributed by atoms with Crippen LogP contribution < -0.4 is 5.84 Å². The van der Waals surface area contributed by atoms with Crippen LogP contribution in [-0.4, -0.2) is 10.7 Å². The molecule has 0 radical (unpaired) electrons. The highest BCUT2D eigenvalue weighted by molar-refractivity contribution is 6.11. The van der Waals surface area contributed by atoms with E-state index in [4.69, 9.17) is 11.1 Å². The summed E-state index contributed by atoms with van der Waals surface area (Å²) in [5.41, 5.74) is 2.76. The van der Waals surface area contributed by atoms with Crippen molar-refractivity contribution in [2.75, 3.05) is 0 Å². The lowest BCUT2D eigenvalue weighted by Crippen LogP contribution is -2.08. The van der Waals surface area contributed by atoms with Gasteiger partial charge >= 0.3 is 0 Å². The maximum atomic E-state index is 8.72. The van der Waals surface area contributed by atoms with Gasteiger partial charge in [-0.25, -0.2) is 0 Å².